The molecule has 0 unspecified atom stereocenters. The number of aryl methyl sites for hydroxylation is 1. The molecular weight excluding hydrogens is 381 g/mol. The minimum absolute atomic E-state index is 0.138. The summed E-state index contributed by atoms with van der Waals surface area (Å²) >= 11 is 0. The molecule has 0 bridgehead atoms. The second-order valence-electron chi connectivity index (χ2n) is 6.94. The van der Waals surface area contributed by atoms with Crippen LogP contribution in [0.1, 0.15) is 12.5 Å². The van der Waals surface area contributed by atoms with Crippen LogP contribution < -0.4 is 9.62 Å². The van der Waals surface area contributed by atoms with E-state index in [-0.39, 0.29) is 16.6 Å². The lowest BCUT2D eigenvalue weighted by Gasteiger charge is -2.37. The Labute approximate surface area is 165 Å². The Morgan fingerprint density at radius 1 is 1.00 bits per heavy atom. The van der Waals surface area contributed by atoms with Crippen molar-refractivity contribution in [3.8, 4) is 0 Å². The van der Waals surface area contributed by atoms with Crippen LogP contribution in [-0.4, -0.2) is 51.4 Å². The smallest absolute Gasteiger partial charge is 0.241 e. The molecule has 0 radical (unpaired) electrons. The van der Waals surface area contributed by atoms with Gasteiger partial charge in [-0.1, -0.05) is 17.7 Å². The second-order valence-corrected chi connectivity index (χ2v) is 8.66. The van der Waals surface area contributed by atoms with Crippen molar-refractivity contribution >= 4 is 21.6 Å². The maximum atomic E-state index is 13.1. The Morgan fingerprint density at radius 3 is 2.14 bits per heavy atom. The zero-order chi connectivity index (χ0) is 20.3. The number of nitrogens with zero attached hydrogens (tertiary/aromatic N) is 2. The van der Waals surface area contributed by atoms with Crippen LogP contribution in [0.5, 0.6) is 0 Å². The van der Waals surface area contributed by atoms with Gasteiger partial charge in [0.05, 0.1) is 10.9 Å². The molecule has 1 aliphatic rings. The van der Waals surface area contributed by atoms with Crippen molar-refractivity contribution in [3.05, 3.63) is 59.9 Å². The summed E-state index contributed by atoms with van der Waals surface area (Å²) in [6.07, 6.45) is 0. The van der Waals surface area contributed by atoms with Gasteiger partial charge in [0.15, 0.2) is 0 Å². The lowest BCUT2D eigenvalue weighted by Crippen LogP contribution is -2.54. The van der Waals surface area contributed by atoms with Crippen molar-refractivity contribution in [3.63, 3.8) is 0 Å². The number of hydrogen-bond acceptors (Lipinski definition) is 4. The van der Waals surface area contributed by atoms with Crippen molar-refractivity contribution in [1.82, 2.24) is 9.62 Å². The highest BCUT2D eigenvalue weighted by Crippen LogP contribution is 2.17. The largest absolute Gasteiger partial charge is 0.368 e. The summed E-state index contributed by atoms with van der Waals surface area (Å²) in [5.41, 5.74) is 1.86. The van der Waals surface area contributed by atoms with Crippen LogP contribution in [0.15, 0.2) is 53.4 Å². The third-order valence-corrected chi connectivity index (χ3v) is 6.37. The first-order valence-electron chi connectivity index (χ1n) is 9.14. The average molecular weight is 405 g/mol. The van der Waals surface area contributed by atoms with Gasteiger partial charge in [-0.25, -0.2) is 12.8 Å². The molecular formula is C20H24FN3O3S. The summed E-state index contributed by atoms with van der Waals surface area (Å²) in [4.78, 5) is 16.5. The summed E-state index contributed by atoms with van der Waals surface area (Å²) in [6.45, 7) is 5.60. The van der Waals surface area contributed by atoms with Crippen LogP contribution >= 0.6 is 0 Å². The number of hydrogen-bond donors (Lipinski definition) is 1. The first-order valence-corrected chi connectivity index (χ1v) is 10.6. The van der Waals surface area contributed by atoms with E-state index < -0.39 is 16.1 Å². The number of piperazine rings is 1. The van der Waals surface area contributed by atoms with Crippen molar-refractivity contribution in [2.45, 2.75) is 24.8 Å². The number of sulfonamides is 1. The van der Waals surface area contributed by atoms with Gasteiger partial charge in [-0.2, -0.15) is 4.72 Å². The molecule has 150 valence electrons. The molecule has 1 atom stereocenters. The highest BCUT2D eigenvalue weighted by atomic mass is 32.2. The quantitative estimate of drug-likeness (QED) is 0.828. The summed E-state index contributed by atoms with van der Waals surface area (Å²) in [5.74, 6) is -0.540. The van der Waals surface area contributed by atoms with Crippen molar-refractivity contribution in [1.29, 1.82) is 0 Å². The third-order valence-electron chi connectivity index (χ3n) is 4.82. The van der Waals surface area contributed by atoms with Gasteiger partial charge in [0.1, 0.15) is 5.82 Å². The number of halogens is 1. The van der Waals surface area contributed by atoms with Crippen molar-refractivity contribution in [2.75, 3.05) is 31.1 Å². The van der Waals surface area contributed by atoms with Gasteiger partial charge in [-0.15, -0.1) is 0 Å². The van der Waals surface area contributed by atoms with Gasteiger partial charge < -0.3 is 9.80 Å². The number of anilines is 1. The fraction of sp³-hybridized carbons (Fsp3) is 0.350. The topological polar surface area (TPSA) is 69.7 Å². The fourth-order valence-corrected chi connectivity index (χ4v) is 4.38. The molecule has 1 fully saturated rings. The summed E-state index contributed by atoms with van der Waals surface area (Å²) in [5, 5.41) is 0. The minimum atomic E-state index is -3.76. The van der Waals surface area contributed by atoms with E-state index in [1.54, 1.807) is 36.1 Å². The first-order chi connectivity index (χ1) is 13.3. The monoisotopic (exact) mass is 405 g/mol. The molecule has 0 spiro atoms. The van der Waals surface area contributed by atoms with E-state index in [1.807, 2.05) is 6.92 Å². The predicted molar refractivity (Wildman–Crippen MR) is 106 cm³/mol. The molecule has 0 aromatic heterocycles. The van der Waals surface area contributed by atoms with Gasteiger partial charge in [-0.3, -0.25) is 4.79 Å². The minimum Gasteiger partial charge on any atom is -0.368 e. The molecule has 2 aromatic carbocycles. The van der Waals surface area contributed by atoms with Crippen LogP contribution in [0.4, 0.5) is 10.1 Å². The van der Waals surface area contributed by atoms with Crippen LogP contribution in [0.3, 0.4) is 0 Å². The summed E-state index contributed by atoms with van der Waals surface area (Å²) < 4.78 is 40.5. The van der Waals surface area contributed by atoms with Crippen LogP contribution in [0.2, 0.25) is 0 Å². The van der Waals surface area contributed by atoms with E-state index in [0.717, 1.165) is 11.3 Å². The maximum Gasteiger partial charge on any atom is 0.241 e. The van der Waals surface area contributed by atoms with Crippen molar-refractivity contribution in [2.24, 2.45) is 0 Å². The molecule has 1 N–H and O–H groups in total. The molecule has 1 heterocycles. The van der Waals surface area contributed by atoms with Gasteiger partial charge in [0.2, 0.25) is 15.9 Å². The van der Waals surface area contributed by atoms with E-state index in [0.29, 0.717) is 26.2 Å². The SMILES string of the molecule is Cc1ccc(S(=O)(=O)N[C@H](C)C(=O)N2CCN(c3ccc(F)cc3)CC2)cc1. The van der Waals surface area contributed by atoms with E-state index in [1.165, 1.54) is 24.3 Å². The van der Waals surface area contributed by atoms with Gasteiger partial charge >= 0.3 is 0 Å². The normalized spacial score (nSPS) is 16.1. The molecule has 6 nitrogen and oxygen atoms in total. The molecule has 28 heavy (non-hydrogen) atoms. The zero-order valence-corrected chi connectivity index (χ0v) is 16.7. The number of carbonyl (C=O) groups is 1. The third kappa shape index (κ3) is 4.69. The van der Waals surface area contributed by atoms with Crippen LogP contribution in [0.25, 0.3) is 0 Å². The Balaban J connectivity index is 1.58. The first kappa shape index (κ1) is 20.3. The molecule has 3 rings (SSSR count). The van der Waals surface area contributed by atoms with Crippen molar-refractivity contribution < 1.29 is 17.6 Å². The van der Waals surface area contributed by atoms with Gasteiger partial charge in [0.25, 0.3) is 0 Å². The Hall–Kier alpha value is -2.45. The molecule has 1 saturated heterocycles. The van der Waals surface area contributed by atoms with E-state index >= 15 is 0 Å². The number of carbonyl (C=O) groups excluding carboxylic acids is 1. The molecule has 0 saturated carbocycles. The number of nitrogens with one attached hydrogen (secondary N) is 1. The van der Waals surface area contributed by atoms with E-state index in [2.05, 4.69) is 9.62 Å². The maximum absolute atomic E-state index is 13.1. The number of amides is 1. The Morgan fingerprint density at radius 2 is 1.57 bits per heavy atom. The molecule has 1 amide bonds. The van der Waals surface area contributed by atoms with E-state index in [4.69, 9.17) is 0 Å². The van der Waals surface area contributed by atoms with Gasteiger partial charge in [-0.05, 0) is 50.2 Å². The number of benzene rings is 2. The lowest BCUT2D eigenvalue weighted by atomic mass is 10.2. The second kappa shape index (κ2) is 8.28. The molecule has 2 aromatic rings. The number of rotatable bonds is 5. The van der Waals surface area contributed by atoms with Crippen LogP contribution in [0, 0.1) is 12.7 Å². The Bertz CT molecular complexity index is 922. The fourth-order valence-electron chi connectivity index (χ4n) is 3.18. The summed E-state index contributed by atoms with van der Waals surface area (Å²) in [6, 6.07) is 11.9. The summed E-state index contributed by atoms with van der Waals surface area (Å²) in [7, 11) is -3.76. The average Bonchev–Trinajstić information content (AvgIpc) is 2.68. The molecule has 1 aliphatic heterocycles. The standard InChI is InChI=1S/C20H24FN3O3S/c1-15-3-9-19(10-4-15)28(26,27)22-16(2)20(25)24-13-11-23(12-14-24)18-7-5-17(21)6-8-18/h3-10,16,22H,11-14H2,1-2H3/t16-/m1/s1. The molecule has 0 aliphatic carbocycles. The van der Waals surface area contributed by atoms with E-state index in [9.17, 15) is 17.6 Å². The predicted octanol–water partition coefficient (Wildman–Crippen LogP) is 2.15. The highest BCUT2D eigenvalue weighted by Gasteiger charge is 2.28. The highest BCUT2D eigenvalue weighted by molar-refractivity contribution is 7.89. The van der Waals surface area contributed by atoms with Gasteiger partial charge in [0, 0.05) is 31.9 Å². The Kier molecular flexibility index (Phi) is 6.00. The lowest BCUT2D eigenvalue weighted by molar-refractivity contribution is -0.132. The van der Waals surface area contributed by atoms with Crippen LogP contribution in [-0.2, 0) is 14.8 Å². The molecule has 8 heteroatoms. The zero-order valence-electron chi connectivity index (χ0n) is 15.9.